The molecule has 0 aliphatic carbocycles. The lowest BCUT2D eigenvalue weighted by atomic mass is 10.1. The second-order valence-electron chi connectivity index (χ2n) is 7.99. The van der Waals surface area contributed by atoms with Crippen molar-refractivity contribution in [3.63, 3.8) is 0 Å². The van der Waals surface area contributed by atoms with Crippen LogP contribution in [0.4, 0.5) is 19.0 Å². The zero-order valence-electron chi connectivity index (χ0n) is 18.2. The molecule has 1 aliphatic heterocycles. The van der Waals surface area contributed by atoms with Crippen LogP contribution in [-0.4, -0.2) is 67.7 Å². The average molecular weight is 476 g/mol. The summed E-state index contributed by atoms with van der Waals surface area (Å²) in [5, 5.41) is 13.8. The monoisotopic (exact) mass is 475 g/mol. The number of alkyl halides is 3. The maximum Gasteiger partial charge on any atom is 0.417 e. The standard InChI is InChI=1S/C21H28F3N3O4S/c1-12(2)30-9-13(28)10-31-14-4-6-27(7-5-14)17-8-16(21(22,23)24)19-18(26-17)15(11-32-19)20(29)25-3/h8,11-14,28H,4-7,9-10H2,1-3H3,(H,25,29). The van der Waals surface area contributed by atoms with Crippen molar-refractivity contribution in [3.05, 3.63) is 22.6 Å². The number of aromatic nitrogens is 1. The molecule has 0 bridgehead atoms. The van der Waals surface area contributed by atoms with Gasteiger partial charge in [0.2, 0.25) is 0 Å². The number of carbonyl (C=O) groups excluding carboxylic acids is 1. The minimum atomic E-state index is -4.56. The first-order valence-corrected chi connectivity index (χ1v) is 11.4. The van der Waals surface area contributed by atoms with Gasteiger partial charge in [0.05, 0.1) is 46.8 Å². The lowest BCUT2D eigenvalue weighted by Crippen LogP contribution is -2.39. The molecule has 1 amide bonds. The fourth-order valence-electron chi connectivity index (χ4n) is 3.51. The number of aliphatic hydroxyl groups excluding tert-OH is 1. The lowest BCUT2D eigenvalue weighted by molar-refractivity contribution is -0.136. The Balaban J connectivity index is 1.71. The summed E-state index contributed by atoms with van der Waals surface area (Å²) < 4.78 is 52.2. The molecule has 178 valence electrons. The minimum Gasteiger partial charge on any atom is -0.388 e. The highest BCUT2D eigenvalue weighted by molar-refractivity contribution is 7.17. The minimum absolute atomic E-state index is 0.0199. The van der Waals surface area contributed by atoms with Gasteiger partial charge in [0, 0.05) is 25.5 Å². The Morgan fingerprint density at radius 3 is 2.62 bits per heavy atom. The summed E-state index contributed by atoms with van der Waals surface area (Å²) in [5.41, 5.74) is -0.592. The van der Waals surface area contributed by atoms with Gasteiger partial charge in [0.25, 0.3) is 5.91 Å². The number of halogens is 3. The predicted octanol–water partition coefficient (Wildman–Crippen LogP) is 3.45. The van der Waals surface area contributed by atoms with Gasteiger partial charge in [-0.15, -0.1) is 11.3 Å². The maximum atomic E-state index is 13.7. The molecule has 1 atom stereocenters. The molecule has 1 aliphatic rings. The summed E-state index contributed by atoms with van der Waals surface area (Å²) in [4.78, 5) is 18.3. The second-order valence-corrected chi connectivity index (χ2v) is 8.87. The van der Waals surface area contributed by atoms with Gasteiger partial charge in [0.1, 0.15) is 11.9 Å². The zero-order valence-corrected chi connectivity index (χ0v) is 19.1. The number of nitrogens with zero attached hydrogens (tertiary/aromatic N) is 2. The smallest absolute Gasteiger partial charge is 0.388 e. The number of aliphatic hydroxyl groups is 1. The number of amides is 1. The van der Waals surface area contributed by atoms with E-state index in [0.717, 1.165) is 17.4 Å². The summed E-state index contributed by atoms with van der Waals surface area (Å²) in [5.74, 6) is -0.279. The van der Waals surface area contributed by atoms with Gasteiger partial charge in [0.15, 0.2) is 0 Å². The molecule has 2 N–H and O–H groups in total. The van der Waals surface area contributed by atoms with E-state index in [1.165, 1.54) is 12.4 Å². The van der Waals surface area contributed by atoms with E-state index < -0.39 is 23.8 Å². The lowest BCUT2D eigenvalue weighted by Gasteiger charge is -2.33. The van der Waals surface area contributed by atoms with E-state index in [1.54, 1.807) is 4.90 Å². The first kappa shape index (κ1) is 24.7. The molecule has 0 spiro atoms. The molecule has 2 aromatic rings. The number of piperidine rings is 1. The van der Waals surface area contributed by atoms with Crippen LogP contribution in [0.3, 0.4) is 0 Å². The summed E-state index contributed by atoms with van der Waals surface area (Å²) >= 11 is 0.866. The molecule has 1 unspecified atom stereocenters. The number of ether oxygens (including phenoxy) is 2. The highest BCUT2D eigenvalue weighted by Gasteiger charge is 2.36. The van der Waals surface area contributed by atoms with Crippen molar-refractivity contribution < 1.29 is 32.5 Å². The molecule has 1 saturated heterocycles. The van der Waals surface area contributed by atoms with Crippen molar-refractivity contribution >= 4 is 33.3 Å². The average Bonchev–Trinajstić information content (AvgIpc) is 3.18. The van der Waals surface area contributed by atoms with E-state index in [-0.39, 0.29) is 47.0 Å². The van der Waals surface area contributed by atoms with E-state index >= 15 is 0 Å². The summed E-state index contributed by atoms with van der Waals surface area (Å²) in [6.45, 7) is 5.01. The molecule has 0 saturated carbocycles. The number of thiophene rings is 1. The molecular formula is C21H28F3N3O4S. The Morgan fingerprint density at radius 2 is 2.03 bits per heavy atom. The van der Waals surface area contributed by atoms with Crippen molar-refractivity contribution in [2.75, 3.05) is 38.3 Å². The van der Waals surface area contributed by atoms with E-state index in [0.29, 0.717) is 25.9 Å². The SMILES string of the molecule is CNC(=O)c1csc2c(C(F)(F)F)cc(N3CCC(OCC(O)COC(C)C)CC3)nc12. The number of carbonyl (C=O) groups is 1. The van der Waals surface area contributed by atoms with E-state index in [4.69, 9.17) is 9.47 Å². The van der Waals surface area contributed by atoms with Gasteiger partial charge >= 0.3 is 6.18 Å². The Morgan fingerprint density at radius 1 is 1.34 bits per heavy atom. The van der Waals surface area contributed by atoms with Gasteiger partial charge < -0.3 is 24.8 Å². The van der Waals surface area contributed by atoms with E-state index in [2.05, 4.69) is 10.3 Å². The Bertz CT molecular complexity index is 927. The maximum absolute atomic E-state index is 13.7. The molecule has 7 nitrogen and oxygen atoms in total. The van der Waals surface area contributed by atoms with Crippen molar-refractivity contribution in [1.29, 1.82) is 0 Å². The van der Waals surface area contributed by atoms with Gasteiger partial charge in [-0.3, -0.25) is 4.79 Å². The van der Waals surface area contributed by atoms with Crippen LogP contribution < -0.4 is 10.2 Å². The molecule has 3 rings (SSSR count). The van der Waals surface area contributed by atoms with Crippen molar-refractivity contribution in [3.8, 4) is 0 Å². The van der Waals surface area contributed by atoms with Gasteiger partial charge in [-0.1, -0.05) is 0 Å². The third kappa shape index (κ3) is 5.89. The van der Waals surface area contributed by atoms with Gasteiger partial charge in [-0.25, -0.2) is 4.98 Å². The van der Waals surface area contributed by atoms with E-state index in [1.807, 2.05) is 13.8 Å². The normalized spacial score (nSPS) is 16.7. The van der Waals surface area contributed by atoms with Gasteiger partial charge in [-0.05, 0) is 32.8 Å². The largest absolute Gasteiger partial charge is 0.417 e. The number of hydrogen-bond donors (Lipinski definition) is 2. The molecule has 11 heteroatoms. The van der Waals surface area contributed by atoms with Crippen LogP contribution in [0.2, 0.25) is 0 Å². The number of hydrogen-bond acceptors (Lipinski definition) is 7. The highest BCUT2D eigenvalue weighted by Crippen LogP contribution is 2.40. The number of anilines is 1. The predicted molar refractivity (Wildman–Crippen MR) is 116 cm³/mol. The third-order valence-corrected chi connectivity index (χ3v) is 6.20. The Hall–Kier alpha value is -1.95. The van der Waals surface area contributed by atoms with Crippen LogP contribution in [0.15, 0.2) is 11.4 Å². The fraction of sp³-hybridized carbons (Fsp3) is 0.619. The highest BCUT2D eigenvalue weighted by atomic mass is 32.1. The molecule has 0 radical (unpaired) electrons. The Kier molecular flexibility index (Phi) is 7.97. The van der Waals surface area contributed by atoms with Crippen LogP contribution in [0.1, 0.15) is 42.6 Å². The molecule has 3 heterocycles. The van der Waals surface area contributed by atoms with Crippen molar-refractivity contribution in [1.82, 2.24) is 10.3 Å². The summed E-state index contributed by atoms with van der Waals surface area (Å²) in [6.07, 6.45) is -4.19. The topological polar surface area (TPSA) is 83.9 Å². The van der Waals surface area contributed by atoms with Crippen LogP contribution in [0.5, 0.6) is 0 Å². The van der Waals surface area contributed by atoms with Crippen LogP contribution in [0.25, 0.3) is 10.2 Å². The Labute approximate surface area is 188 Å². The molecule has 2 aromatic heterocycles. The van der Waals surface area contributed by atoms with Crippen molar-refractivity contribution in [2.24, 2.45) is 0 Å². The third-order valence-electron chi connectivity index (χ3n) is 5.20. The summed E-state index contributed by atoms with van der Waals surface area (Å²) in [7, 11) is 1.43. The molecule has 1 fully saturated rings. The van der Waals surface area contributed by atoms with Crippen LogP contribution >= 0.6 is 11.3 Å². The zero-order chi connectivity index (χ0) is 23.5. The first-order chi connectivity index (χ1) is 15.1. The number of rotatable bonds is 8. The molecule has 0 aromatic carbocycles. The quantitative estimate of drug-likeness (QED) is 0.609. The molecule has 32 heavy (non-hydrogen) atoms. The first-order valence-electron chi connectivity index (χ1n) is 10.5. The second kappa shape index (κ2) is 10.3. The summed E-state index contributed by atoms with van der Waals surface area (Å²) in [6, 6.07) is 1.06. The van der Waals surface area contributed by atoms with Gasteiger partial charge in [-0.2, -0.15) is 13.2 Å². The fourth-order valence-corrected chi connectivity index (χ4v) is 4.54. The van der Waals surface area contributed by atoms with Crippen LogP contribution in [-0.2, 0) is 15.7 Å². The number of pyridine rings is 1. The number of nitrogens with one attached hydrogen (secondary N) is 1. The van der Waals surface area contributed by atoms with Crippen LogP contribution in [0, 0.1) is 0 Å². The van der Waals surface area contributed by atoms with E-state index in [9.17, 15) is 23.1 Å². The molecular weight excluding hydrogens is 447 g/mol. The van der Waals surface area contributed by atoms with Crippen molar-refractivity contribution in [2.45, 2.75) is 51.2 Å². The number of fused-ring (bicyclic) bond motifs is 1.